The molecule has 0 spiro atoms. The Hall–Kier alpha value is -1.02. The monoisotopic (exact) mass is 286 g/mol. The summed E-state index contributed by atoms with van der Waals surface area (Å²) in [5.41, 5.74) is 3.39. The lowest BCUT2D eigenvalue weighted by molar-refractivity contribution is 0.223. The smallest absolute Gasteiger partial charge is 0.0427 e. The SMILES string of the molecule is CC(C)CC1(CNCC2Cc3ccccc3N2)CCCC1. The molecule has 1 heterocycles. The van der Waals surface area contributed by atoms with E-state index in [0.717, 1.165) is 12.5 Å². The second kappa shape index (κ2) is 6.39. The molecule has 2 heteroatoms. The first-order valence-electron chi connectivity index (χ1n) is 8.72. The summed E-state index contributed by atoms with van der Waals surface area (Å²) in [5, 5.41) is 7.44. The van der Waals surface area contributed by atoms with Crippen molar-refractivity contribution in [1.29, 1.82) is 0 Å². The Morgan fingerprint density at radius 1 is 1.24 bits per heavy atom. The van der Waals surface area contributed by atoms with Crippen LogP contribution in [0.5, 0.6) is 0 Å². The molecule has 0 aromatic heterocycles. The first kappa shape index (κ1) is 14.9. The summed E-state index contributed by atoms with van der Waals surface area (Å²) in [7, 11) is 0. The number of hydrogen-bond acceptors (Lipinski definition) is 2. The maximum Gasteiger partial charge on any atom is 0.0427 e. The van der Waals surface area contributed by atoms with Crippen LogP contribution in [0.3, 0.4) is 0 Å². The lowest BCUT2D eigenvalue weighted by Gasteiger charge is -2.32. The summed E-state index contributed by atoms with van der Waals surface area (Å²) in [4.78, 5) is 0. The highest BCUT2D eigenvalue weighted by atomic mass is 15.0. The van der Waals surface area contributed by atoms with Gasteiger partial charge in [-0.25, -0.2) is 0 Å². The maximum atomic E-state index is 3.79. The van der Waals surface area contributed by atoms with E-state index in [1.807, 2.05) is 0 Å². The van der Waals surface area contributed by atoms with Gasteiger partial charge in [-0.05, 0) is 48.6 Å². The quantitative estimate of drug-likeness (QED) is 0.818. The van der Waals surface area contributed by atoms with Crippen LogP contribution in [0.2, 0.25) is 0 Å². The van der Waals surface area contributed by atoms with Crippen LogP contribution >= 0.6 is 0 Å². The van der Waals surface area contributed by atoms with Crippen LogP contribution in [-0.4, -0.2) is 19.1 Å². The Morgan fingerprint density at radius 3 is 2.71 bits per heavy atom. The summed E-state index contributed by atoms with van der Waals surface area (Å²) in [6, 6.07) is 9.29. The number of para-hydroxylation sites is 1. The van der Waals surface area contributed by atoms with Crippen LogP contribution in [0, 0.1) is 11.3 Å². The third kappa shape index (κ3) is 3.60. The number of benzene rings is 1. The van der Waals surface area contributed by atoms with Gasteiger partial charge < -0.3 is 10.6 Å². The van der Waals surface area contributed by atoms with Crippen molar-refractivity contribution in [2.24, 2.45) is 11.3 Å². The molecule has 2 aliphatic rings. The highest BCUT2D eigenvalue weighted by molar-refractivity contribution is 5.56. The standard InChI is InChI=1S/C19H30N2/c1-15(2)12-19(9-5-6-10-19)14-20-13-17-11-16-7-3-4-8-18(16)21-17/h3-4,7-8,15,17,20-21H,5-6,9-14H2,1-2H3. The molecule has 1 aliphatic carbocycles. The molecule has 2 nitrogen and oxygen atoms in total. The summed E-state index contributed by atoms with van der Waals surface area (Å²) < 4.78 is 0. The van der Waals surface area contributed by atoms with E-state index in [4.69, 9.17) is 0 Å². The Labute approximate surface area is 129 Å². The van der Waals surface area contributed by atoms with Crippen molar-refractivity contribution in [2.45, 2.75) is 58.4 Å². The van der Waals surface area contributed by atoms with Gasteiger partial charge in [0.2, 0.25) is 0 Å². The van der Waals surface area contributed by atoms with Crippen LogP contribution in [0.15, 0.2) is 24.3 Å². The molecule has 3 rings (SSSR count). The van der Waals surface area contributed by atoms with Gasteiger partial charge in [0, 0.05) is 24.8 Å². The van der Waals surface area contributed by atoms with Gasteiger partial charge in [-0.3, -0.25) is 0 Å². The van der Waals surface area contributed by atoms with E-state index in [1.54, 1.807) is 0 Å². The van der Waals surface area contributed by atoms with Crippen molar-refractivity contribution >= 4 is 5.69 Å². The number of nitrogens with one attached hydrogen (secondary N) is 2. The van der Waals surface area contributed by atoms with Gasteiger partial charge in [-0.1, -0.05) is 44.9 Å². The first-order valence-corrected chi connectivity index (χ1v) is 8.72. The number of anilines is 1. The van der Waals surface area contributed by atoms with Gasteiger partial charge >= 0.3 is 0 Å². The third-order valence-electron chi connectivity index (χ3n) is 5.24. The highest BCUT2D eigenvalue weighted by Gasteiger charge is 2.34. The second-order valence-corrected chi connectivity index (χ2v) is 7.64. The minimum Gasteiger partial charge on any atom is -0.380 e. The van der Waals surface area contributed by atoms with Gasteiger partial charge in [0.25, 0.3) is 0 Å². The minimum atomic E-state index is 0.569. The molecule has 21 heavy (non-hydrogen) atoms. The second-order valence-electron chi connectivity index (χ2n) is 7.64. The lowest BCUT2D eigenvalue weighted by Crippen LogP contribution is -2.39. The van der Waals surface area contributed by atoms with Crippen molar-refractivity contribution in [3.05, 3.63) is 29.8 Å². The molecule has 2 N–H and O–H groups in total. The van der Waals surface area contributed by atoms with Crippen molar-refractivity contribution in [3.63, 3.8) is 0 Å². The summed E-state index contributed by atoms with van der Waals surface area (Å²) in [5.74, 6) is 0.818. The van der Waals surface area contributed by atoms with E-state index in [-0.39, 0.29) is 0 Å². The van der Waals surface area contributed by atoms with E-state index < -0.39 is 0 Å². The average Bonchev–Trinajstić information content (AvgIpc) is 3.04. The van der Waals surface area contributed by atoms with E-state index in [2.05, 4.69) is 48.7 Å². The van der Waals surface area contributed by atoms with Crippen molar-refractivity contribution < 1.29 is 0 Å². The van der Waals surface area contributed by atoms with Crippen LogP contribution in [0.4, 0.5) is 5.69 Å². The summed E-state index contributed by atoms with van der Waals surface area (Å²) in [6.07, 6.45) is 8.27. The fourth-order valence-corrected chi connectivity index (χ4v) is 4.45. The summed E-state index contributed by atoms with van der Waals surface area (Å²) in [6.45, 7) is 7.04. The minimum absolute atomic E-state index is 0.569. The molecule has 1 atom stereocenters. The predicted molar refractivity (Wildman–Crippen MR) is 90.8 cm³/mol. The topological polar surface area (TPSA) is 24.1 Å². The number of hydrogen-bond donors (Lipinski definition) is 2. The normalized spacial score (nSPS) is 23.3. The van der Waals surface area contributed by atoms with Crippen LogP contribution in [0.25, 0.3) is 0 Å². The van der Waals surface area contributed by atoms with E-state index in [1.165, 1.54) is 56.3 Å². The first-order chi connectivity index (χ1) is 10.2. The lowest BCUT2D eigenvalue weighted by atomic mass is 9.78. The molecule has 1 aliphatic heterocycles. The highest BCUT2D eigenvalue weighted by Crippen LogP contribution is 2.42. The third-order valence-corrected chi connectivity index (χ3v) is 5.24. The molecule has 1 aromatic rings. The molecular formula is C19H30N2. The van der Waals surface area contributed by atoms with E-state index in [0.29, 0.717) is 11.5 Å². The zero-order valence-corrected chi connectivity index (χ0v) is 13.6. The van der Waals surface area contributed by atoms with Crippen molar-refractivity contribution in [2.75, 3.05) is 18.4 Å². The zero-order valence-electron chi connectivity index (χ0n) is 13.6. The van der Waals surface area contributed by atoms with Gasteiger partial charge in [0.05, 0.1) is 0 Å². The van der Waals surface area contributed by atoms with Gasteiger partial charge in [-0.2, -0.15) is 0 Å². The molecule has 1 saturated carbocycles. The Morgan fingerprint density at radius 2 is 2.00 bits per heavy atom. The van der Waals surface area contributed by atoms with E-state index in [9.17, 15) is 0 Å². The number of rotatable bonds is 6. The van der Waals surface area contributed by atoms with E-state index >= 15 is 0 Å². The predicted octanol–water partition coefficient (Wildman–Crippen LogP) is 4.22. The molecule has 0 amide bonds. The molecule has 1 unspecified atom stereocenters. The van der Waals surface area contributed by atoms with Gasteiger partial charge in [0.1, 0.15) is 0 Å². The van der Waals surface area contributed by atoms with Crippen molar-refractivity contribution in [3.8, 4) is 0 Å². The molecule has 0 bridgehead atoms. The maximum absolute atomic E-state index is 3.79. The Balaban J connectivity index is 1.48. The van der Waals surface area contributed by atoms with Gasteiger partial charge in [-0.15, -0.1) is 0 Å². The molecule has 116 valence electrons. The van der Waals surface area contributed by atoms with Crippen LogP contribution in [0.1, 0.15) is 51.5 Å². The zero-order chi connectivity index (χ0) is 14.7. The molecule has 1 fully saturated rings. The largest absolute Gasteiger partial charge is 0.380 e. The van der Waals surface area contributed by atoms with Crippen molar-refractivity contribution in [1.82, 2.24) is 5.32 Å². The fourth-order valence-electron chi connectivity index (χ4n) is 4.45. The Bertz CT molecular complexity index is 435. The number of fused-ring (bicyclic) bond motifs is 1. The Kier molecular flexibility index (Phi) is 4.54. The van der Waals surface area contributed by atoms with Crippen LogP contribution < -0.4 is 10.6 Å². The van der Waals surface area contributed by atoms with Crippen LogP contribution in [-0.2, 0) is 6.42 Å². The van der Waals surface area contributed by atoms with Gasteiger partial charge in [0.15, 0.2) is 0 Å². The summed E-state index contributed by atoms with van der Waals surface area (Å²) >= 11 is 0. The fraction of sp³-hybridized carbons (Fsp3) is 0.684. The molecular weight excluding hydrogens is 256 g/mol. The molecule has 1 aromatic carbocycles. The average molecular weight is 286 g/mol. The molecule has 0 radical (unpaired) electrons. The molecule has 0 saturated heterocycles.